The highest BCUT2D eigenvalue weighted by atomic mass is 19.1. The van der Waals surface area contributed by atoms with Gasteiger partial charge in [0.15, 0.2) is 7.28 Å². The molecule has 4 rings (SSSR count). The molecule has 5 nitrogen and oxygen atoms in total. The standard InChI is InChI=1S/C30H36BFN4O/c1-4-20(2)29(25-14-13-24(19-27(25)33)34-28-8-6-5-7-26(28)32)35-30(37)21-9-11-22(12-10-21)31-23-15-17-36(3)18-16-23/h5-14,19,23,31,34H,4,15-18,33H2,1-3H3,(H,35,37)/b29-20+. The van der Waals surface area contributed by atoms with Crippen LogP contribution in [-0.4, -0.2) is 38.2 Å². The molecule has 0 radical (unpaired) electrons. The minimum absolute atomic E-state index is 0.165. The Morgan fingerprint density at radius 2 is 1.78 bits per heavy atom. The maximum absolute atomic E-state index is 14.0. The molecule has 1 aliphatic heterocycles. The fourth-order valence-electron chi connectivity index (χ4n) is 4.74. The SMILES string of the molecule is CC/C(C)=C(/NC(=O)c1ccc(BC2CCN(C)CC2)cc1)c1ccc(Nc2ccccc2F)cc1N. The Morgan fingerprint density at radius 1 is 1.08 bits per heavy atom. The maximum Gasteiger partial charge on any atom is 0.255 e. The highest BCUT2D eigenvalue weighted by Crippen LogP contribution is 2.29. The number of amides is 1. The number of rotatable bonds is 8. The zero-order valence-corrected chi connectivity index (χ0v) is 22.0. The third-order valence-electron chi connectivity index (χ3n) is 7.25. The number of nitrogens with two attached hydrogens (primary N) is 1. The van der Waals surface area contributed by atoms with E-state index in [2.05, 4.69) is 34.7 Å². The van der Waals surface area contributed by atoms with Gasteiger partial charge in [-0.1, -0.05) is 42.5 Å². The van der Waals surface area contributed by atoms with E-state index in [-0.39, 0.29) is 11.7 Å². The number of likely N-dealkylation sites (tertiary alicyclic amines) is 1. The van der Waals surface area contributed by atoms with Gasteiger partial charge in [0, 0.05) is 28.2 Å². The summed E-state index contributed by atoms with van der Waals surface area (Å²) in [7, 11) is 3.23. The quantitative estimate of drug-likeness (QED) is 0.291. The highest BCUT2D eigenvalue weighted by molar-refractivity contribution is 6.55. The van der Waals surface area contributed by atoms with Gasteiger partial charge < -0.3 is 21.3 Å². The molecule has 1 amide bonds. The number of anilines is 3. The van der Waals surface area contributed by atoms with Crippen LogP contribution in [0.5, 0.6) is 0 Å². The van der Waals surface area contributed by atoms with Crippen molar-refractivity contribution >= 4 is 41.4 Å². The number of halogens is 1. The molecule has 1 heterocycles. The Kier molecular flexibility index (Phi) is 8.67. The molecular weight excluding hydrogens is 462 g/mol. The van der Waals surface area contributed by atoms with Crippen LogP contribution >= 0.6 is 0 Å². The van der Waals surface area contributed by atoms with Crippen molar-refractivity contribution in [3.05, 3.63) is 89.2 Å². The zero-order chi connectivity index (χ0) is 26.4. The number of carbonyl (C=O) groups is 1. The number of piperidine rings is 1. The second kappa shape index (κ2) is 12.1. The van der Waals surface area contributed by atoms with Gasteiger partial charge >= 0.3 is 0 Å². The van der Waals surface area contributed by atoms with Crippen molar-refractivity contribution in [2.75, 3.05) is 31.2 Å². The summed E-state index contributed by atoms with van der Waals surface area (Å²) < 4.78 is 14.0. The first kappa shape index (κ1) is 26.5. The van der Waals surface area contributed by atoms with Crippen molar-refractivity contribution in [2.24, 2.45) is 0 Å². The monoisotopic (exact) mass is 498 g/mol. The van der Waals surface area contributed by atoms with Crippen LogP contribution in [0.2, 0.25) is 5.82 Å². The van der Waals surface area contributed by atoms with Crippen molar-refractivity contribution < 1.29 is 9.18 Å². The summed E-state index contributed by atoms with van der Waals surface area (Å²) in [6.45, 7) is 6.34. The van der Waals surface area contributed by atoms with Crippen LogP contribution in [0, 0.1) is 5.82 Å². The largest absolute Gasteiger partial charge is 0.398 e. The molecule has 37 heavy (non-hydrogen) atoms. The molecule has 7 heteroatoms. The third-order valence-corrected chi connectivity index (χ3v) is 7.25. The lowest BCUT2D eigenvalue weighted by Gasteiger charge is -2.28. The predicted molar refractivity (Wildman–Crippen MR) is 155 cm³/mol. The molecule has 0 atom stereocenters. The predicted octanol–water partition coefficient (Wildman–Crippen LogP) is 5.30. The normalized spacial score (nSPS) is 15.1. The molecule has 0 spiro atoms. The minimum Gasteiger partial charge on any atom is -0.398 e. The van der Waals surface area contributed by atoms with E-state index in [0.29, 0.717) is 34.1 Å². The Hall–Kier alpha value is -3.58. The molecule has 0 unspecified atom stereocenters. The zero-order valence-electron chi connectivity index (χ0n) is 22.0. The van der Waals surface area contributed by atoms with Crippen LogP contribution in [0.1, 0.15) is 49.0 Å². The average Bonchev–Trinajstić information content (AvgIpc) is 2.90. The molecule has 0 aromatic heterocycles. The number of allylic oxidation sites excluding steroid dienone is 1. The molecule has 3 aromatic carbocycles. The Morgan fingerprint density at radius 3 is 2.43 bits per heavy atom. The van der Waals surface area contributed by atoms with Gasteiger partial charge in [-0.05, 0) is 94.4 Å². The summed E-state index contributed by atoms with van der Waals surface area (Å²) in [5, 5.41) is 6.16. The number of benzene rings is 3. The minimum atomic E-state index is -0.336. The van der Waals surface area contributed by atoms with E-state index in [1.807, 2.05) is 38.1 Å². The Bertz CT molecular complexity index is 1270. The lowest BCUT2D eigenvalue weighted by Crippen LogP contribution is -2.33. The first-order chi connectivity index (χ1) is 17.8. The fourth-order valence-corrected chi connectivity index (χ4v) is 4.74. The lowest BCUT2D eigenvalue weighted by atomic mass is 9.56. The molecule has 0 aliphatic carbocycles. The van der Waals surface area contributed by atoms with E-state index >= 15 is 0 Å². The molecule has 0 saturated carbocycles. The van der Waals surface area contributed by atoms with Crippen LogP contribution in [-0.2, 0) is 0 Å². The molecule has 1 aliphatic rings. The number of hydrogen-bond donors (Lipinski definition) is 3. The highest BCUT2D eigenvalue weighted by Gasteiger charge is 2.19. The van der Waals surface area contributed by atoms with Crippen LogP contribution in [0.3, 0.4) is 0 Å². The van der Waals surface area contributed by atoms with Crippen molar-refractivity contribution in [3.63, 3.8) is 0 Å². The van der Waals surface area contributed by atoms with Gasteiger partial charge in [-0.15, -0.1) is 0 Å². The number of nitrogen functional groups attached to an aromatic ring is 1. The van der Waals surface area contributed by atoms with Gasteiger partial charge in [-0.25, -0.2) is 4.39 Å². The van der Waals surface area contributed by atoms with Gasteiger partial charge in [-0.3, -0.25) is 4.79 Å². The lowest BCUT2D eigenvalue weighted by molar-refractivity contribution is 0.0973. The van der Waals surface area contributed by atoms with E-state index in [1.165, 1.54) is 24.4 Å². The fraction of sp³-hybridized carbons (Fsp3) is 0.300. The molecular formula is C30H36BFN4O. The average molecular weight is 498 g/mol. The van der Waals surface area contributed by atoms with E-state index in [1.54, 1.807) is 24.3 Å². The van der Waals surface area contributed by atoms with Crippen molar-refractivity contribution in [3.8, 4) is 0 Å². The van der Waals surface area contributed by atoms with E-state index in [4.69, 9.17) is 5.73 Å². The first-order valence-corrected chi connectivity index (χ1v) is 13.0. The number of nitrogens with one attached hydrogen (secondary N) is 2. The summed E-state index contributed by atoms with van der Waals surface area (Å²) in [5.74, 6) is 0.204. The molecule has 192 valence electrons. The number of hydrogen-bond acceptors (Lipinski definition) is 4. The van der Waals surface area contributed by atoms with E-state index < -0.39 is 0 Å². The second-order valence-electron chi connectivity index (χ2n) is 10.0. The molecule has 1 saturated heterocycles. The van der Waals surface area contributed by atoms with Gasteiger partial charge in [0.25, 0.3) is 5.91 Å². The summed E-state index contributed by atoms with van der Waals surface area (Å²) in [4.78, 5) is 15.6. The Balaban J connectivity index is 1.47. The van der Waals surface area contributed by atoms with Gasteiger partial charge in [0.05, 0.1) is 5.69 Å². The van der Waals surface area contributed by atoms with Crippen LogP contribution in [0.4, 0.5) is 21.5 Å². The third kappa shape index (κ3) is 6.80. The smallest absolute Gasteiger partial charge is 0.255 e. The summed E-state index contributed by atoms with van der Waals surface area (Å²) >= 11 is 0. The Labute approximate surface area is 220 Å². The summed E-state index contributed by atoms with van der Waals surface area (Å²) in [5.41, 5.74) is 12.3. The maximum atomic E-state index is 14.0. The topological polar surface area (TPSA) is 70.4 Å². The van der Waals surface area contributed by atoms with Crippen LogP contribution < -0.4 is 21.8 Å². The number of para-hydroxylation sites is 1. The molecule has 3 aromatic rings. The van der Waals surface area contributed by atoms with Crippen LogP contribution in [0.15, 0.2) is 72.3 Å². The van der Waals surface area contributed by atoms with Crippen molar-refractivity contribution in [1.82, 2.24) is 10.2 Å². The molecule has 1 fully saturated rings. The summed E-state index contributed by atoms with van der Waals surface area (Å²) in [6.07, 6.45) is 3.21. The van der Waals surface area contributed by atoms with Crippen molar-refractivity contribution in [2.45, 2.75) is 38.9 Å². The van der Waals surface area contributed by atoms with Gasteiger partial charge in [0.1, 0.15) is 5.82 Å². The van der Waals surface area contributed by atoms with Crippen LogP contribution in [0.25, 0.3) is 5.70 Å². The molecule has 4 N–H and O–H groups in total. The first-order valence-electron chi connectivity index (χ1n) is 13.0. The van der Waals surface area contributed by atoms with E-state index in [9.17, 15) is 9.18 Å². The number of nitrogens with zero attached hydrogens (tertiary/aromatic N) is 1. The van der Waals surface area contributed by atoms with E-state index in [0.717, 1.165) is 37.9 Å². The molecule has 0 bridgehead atoms. The van der Waals surface area contributed by atoms with Gasteiger partial charge in [-0.2, -0.15) is 0 Å². The van der Waals surface area contributed by atoms with Crippen molar-refractivity contribution in [1.29, 1.82) is 0 Å². The second-order valence-corrected chi connectivity index (χ2v) is 10.0. The van der Waals surface area contributed by atoms with Gasteiger partial charge in [0.2, 0.25) is 0 Å². The summed E-state index contributed by atoms with van der Waals surface area (Å²) in [6, 6.07) is 19.9. The number of carbonyl (C=O) groups excluding carboxylic acids is 1.